The average Bonchev–Trinajstić information content (AvgIpc) is 3.51. The maximum atomic E-state index is 13.3. The van der Waals surface area contributed by atoms with Gasteiger partial charge in [-0.2, -0.15) is 0 Å². The molecule has 6 rings (SSSR count). The molecule has 7 unspecified atom stereocenters. The number of methoxy groups -OCH3 is 1. The number of carboxylic acid groups (broad SMARTS) is 1. The number of hydrogen-bond acceptors (Lipinski definition) is 8. The predicted molar refractivity (Wildman–Crippen MR) is 127 cm³/mol. The smallest absolute Gasteiger partial charge is 0.305 e. The summed E-state index contributed by atoms with van der Waals surface area (Å²) in [6.45, 7) is -0.0713. The molecular formula is C23H22N2O6S3. The summed E-state index contributed by atoms with van der Waals surface area (Å²) in [5, 5.41) is 20.7. The van der Waals surface area contributed by atoms with Crippen molar-refractivity contribution in [1.29, 1.82) is 0 Å². The minimum atomic E-state index is -1.02. The molecule has 0 spiro atoms. The van der Waals surface area contributed by atoms with Crippen LogP contribution in [0.15, 0.2) is 23.2 Å². The number of thioether (sulfide) groups is 1. The van der Waals surface area contributed by atoms with Crippen LogP contribution in [0.3, 0.4) is 0 Å². The van der Waals surface area contributed by atoms with Gasteiger partial charge in [0.25, 0.3) is 0 Å². The van der Waals surface area contributed by atoms with E-state index < -0.39 is 11.9 Å². The zero-order valence-electron chi connectivity index (χ0n) is 18.1. The first kappa shape index (κ1) is 22.1. The van der Waals surface area contributed by atoms with E-state index in [0.717, 1.165) is 21.9 Å². The van der Waals surface area contributed by atoms with Gasteiger partial charge in [0.05, 0.1) is 30.4 Å². The second kappa shape index (κ2) is 7.82. The first-order valence-corrected chi connectivity index (χ1v) is 13.2. The Kier molecular flexibility index (Phi) is 5.09. The molecule has 2 aliphatic heterocycles. The lowest BCUT2D eigenvalue weighted by Crippen LogP contribution is -2.42. The second-order valence-corrected chi connectivity index (χ2v) is 12.3. The zero-order valence-corrected chi connectivity index (χ0v) is 20.5. The van der Waals surface area contributed by atoms with Gasteiger partial charge in [-0.3, -0.25) is 19.3 Å². The van der Waals surface area contributed by atoms with Crippen LogP contribution >= 0.6 is 35.3 Å². The van der Waals surface area contributed by atoms with E-state index in [-0.39, 0.29) is 65.4 Å². The molecule has 2 bridgehead atoms. The van der Waals surface area contributed by atoms with Crippen LogP contribution in [0.5, 0.6) is 11.5 Å². The Morgan fingerprint density at radius 1 is 1.26 bits per heavy atom. The number of aromatic amines is 1. The van der Waals surface area contributed by atoms with Crippen LogP contribution in [0, 0.1) is 33.5 Å². The summed E-state index contributed by atoms with van der Waals surface area (Å²) in [6, 6.07) is 5.43. The molecule has 2 saturated carbocycles. The van der Waals surface area contributed by atoms with E-state index in [9.17, 15) is 19.5 Å². The molecule has 11 heteroatoms. The second-order valence-electron chi connectivity index (χ2n) is 9.36. The lowest BCUT2D eigenvalue weighted by molar-refractivity contribution is -0.142. The molecule has 178 valence electrons. The van der Waals surface area contributed by atoms with Crippen LogP contribution in [0.25, 0.3) is 0 Å². The molecule has 3 fully saturated rings. The molecule has 4 aliphatic rings. The van der Waals surface area contributed by atoms with E-state index in [2.05, 4.69) is 4.98 Å². The first-order chi connectivity index (χ1) is 16.3. The number of benzene rings is 1. The number of H-pyrrole nitrogens is 1. The number of thiazole rings is 1. The minimum Gasteiger partial charge on any atom is -0.504 e. The van der Waals surface area contributed by atoms with Crippen molar-refractivity contribution < 1.29 is 29.3 Å². The third-order valence-electron chi connectivity index (χ3n) is 7.93. The highest BCUT2D eigenvalue weighted by Crippen LogP contribution is 2.68. The quantitative estimate of drug-likeness (QED) is 0.407. The lowest BCUT2D eigenvalue weighted by atomic mass is 9.68. The Morgan fingerprint density at radius 3 is 2.68 bits per heavy atom. The molecule has 1 aromatic heterocycles. The number of carbonyl (C=O) groups excluding carboxylic acids is 2. The Bertz CT molecular complexity index is 1290. The zero-order chi connectivity index (χ0) is 23.9. The van der Waals surface area contributed by atoms with Crippen LogP contribution in [0.2, 0.25) is 0 Å². The number of carbonyl (C=O) groups is 3. The highest BCUT2D eigenvalue weighted by Gasteiger charge is 2.69. The van der Waals surface area contributed by atoms with Crippen molar-refractivity contribution in [3.05, 3.63) is 32.6 Å². The van der Waals surface area contributed by atoms with Crippen molar-refractivity contribution in [2.45, 2.75) is 29.0 Å². The summed E-state index contributed by atoms with van der Waals surface area (Å²) < 4.78 is 5.91. The maximum Gasteiger partial charge on any atom is 0.305 e. The van der Waals surface area contributed by atoms with Gasteiger partial charge in [0.15, 0.2) is 15.5 Å². The number of fused-ring (bicyclic) bond motifs is 9. The predicted octanol–water partition coefficient (Wildman–Crippen LogP) is 3.47. The summed E-state index contributed by atoms with van der Waals surface area (Å²) >= 11 is 8.70. The molecule has 0 radical (unpaired) electrons. The minimum absolute atomic E-state index is 0.0110. The average molecular weight is 519 g/mol. The number of nitrogens with one attached hydrogen (secondary N) is 1. The van der Waals surface area contributed by atoms with E-state index in [0.29, 0.717) is 9.70 Å². The number of phenolic OH excluding ortho intramolecular Hbond substituents is 1. The monoisotopic (exact) mass is 518 g/mol. The molecule has 3 heterocycles. The number of aromatic nitrogens is 1. The van der Waals surface area contributed by atoms with Gasteiger partial charge < -0.3 is 19.9 Å². The number of imide groups is 1. The Balaban J connectivity index is 1.42. The number of carboxylic acids is 1. The fraction of sp³-hybridized carbons (Fsp3) is 0.478. The Labute approximate surface area is 208 Å². The number of aromatic hydroxyl groups is 1. The lowest BCUT2D eigenvalue weighted by Gasteiger charge is -2.43. The summed E-state index contributed by atoms with van der Waals surface area (Å²) in [5.74, 6) is -1.71. The van der Waals surface area contributed by atoms with E-state index >= 15 is 0 Å². The summed E-state index contributed by atoms with van der Waals surface area (Å²) in [6.07, 6.45) is 0.561. The van der Waals surface area contributed by atoms with Crippen LogP contribution in [0.4, 0.5) is 0 Å². The summed E-state index contributed by atoms with van der Waals surface area (Å²) in [7, 11) is 1.51. The van der Waals surface area contributed by atoms with E-state index in [1.54, 1.807) is 23.9 Å². The Morgan fingerprint density at radius 2 is 2.00 bits per heavy atom. The van der Waals surface area contributed by atoms with Gasteiger partial charge in [0.1, 0.15) is 0 Å². The van der Waals surface area contributed by atoms with Crippen molar-refractivity contribution in [3.8, 4) is 11.5 Å². The van der Waals surface area contributed by atoms with Gasteiger partial charge >= 0.3 is 5.97 Å². The van der Waals surface area contributed by atoms with Crippen LogP contribution in [-0.4, -0.2) is 56.8 Å². The van der Waals surface area contributed by atoms with Crippen LogP contribution in [0.1, 0.15) is 29.2 Å². The number of amides is 2. The van der Waals surface area contributed by atoms with Gasteiger partial charge in [-0.1, -0.05) is 6.07 Å². The highest BCUT2D eigenvalue weighted by atomic mass is 32.2. The number of hydrogen-bond donors (Lipinski definition) is 3. The third-order valence-corrected chi connectivity index (χ3v) is 10.9. The topological polar surface area (TPSA) is 120 Å². The molecule has 1 aromatic carbocycles. The number of phenols is 1. The SMILES string of the molecule is COc1ccc(C2c3sc(=S)[nH]c3SC3C4CC(C5C(=O)N(CCC(=O)O)C(=O)C45)C23)cc1O. The molecular weight excluding hydrogens is 496 g/mol. The fourth-order valence-electron chi connectivity index (χ4n) is 6.78. The number of nitrogens with zero attached hydrogens (tertiary/aromatic N) is 1. The molecule has 34 heavy (non-hydrogen) atoms. The van der Waals surface area contributed by atoms with E-state index in [1.807, 2.05) is 6.07 Å². The van der Waals surface area contributed by atoms with Gasteiger partial charge in [0.2, 0.25) is 11.8 Å². The van der Waals surface area contributed by atoms with Gasteiger partial charge in [-0.15, -0.1) is 23.1 Å². The van der Waals surface area contributed by atoms with Crippen molar-refractivity contribution in [2.75, 3.05) is 13.7 Å². The first-order valence-electron chi connectivity index (χ1n) is 11.1. The number of likely N-dealkylation sites (tertiary alicyclic amines) is 1. The standard InChI is InChI=1S/C23H22N2O6S3/c1-31-12-3-2-8(6-11(12)26)14-15-9-7-10(18(15)33-20-19(14)34-23(32)24-20)17-16(9)21(29)25(22(17)30)5-4-13(27)28/h2-3,6,9-10,14-18,26H,4-5,7H2,1H3,(H,24,32)(H,27,28). The van der Waals surface area contributed by atoms with Gasteiger partial charge in [-0.25, -0.2) is 0 Å². The molecule has 2 aliphatic carbocycles. The van der Waals surface area contributed by atoms with Gasteiger partial charge in [-0.05, 0) is 54.1 Å². The number of rotatable bonds is 5. The summed E-state index contributed by atoms with van der Waals surface area (Å²) in [4.78, 5) is 43.2. The molecule has 2 amide bonds. The van der Waals surface area contributed by atoms with E-state index in [1.165, 1.54) is 23.3 Å². The third kappa shape index (κ3) is 3.02. The van der Waals surface area contributed by atoms with Crippen molar-refractivity contribution in [2.24, 2.45) is 29.6 Å². The number of ether oxygens (including phenoxy) is 1. The van der Waals surface area contributed by atoms with Gasteiger partial charge in [0, 0.05) is 22.6 Å². The maximum absolute atomic E-state index is 13.3. The van der Waals surface area contributed by atoms with Crippen LogP contribution in [-0.2, 0) is 14.4 Å². The highest BCUT2D eigenvalue weighted by molar-refractivity contribution is 8.00. The largest absolute Gasteiger partial charge is 0.504 e. The fourth-order valence-corrected chi connectivity index (χ4v) is 10.1. The van der Waals surface area contributed by atoms with Crippen LogP contribution < -0.4 is 4.74 Å². The summed E-state index contributed by atoms with van der Waals surface area (Å²) in [5.41, 5.74) is 0.934. The molecule has 8 nitrogen and oxygen atoms in total. The molecule has 1 saturated heterocycles. The van der Waals surface area contributed by atoms with Crippen molar-refractivity contribution in [3.63, 3.8) is 0 Å². The molecule has 2 aromatic rings. The normalized spacial score (nSPS) is 33.1. The van der Waals surface area contributed by atoms with Crippen molar-refractivity contribution >= 4 is 53.1 Å². The molecule has 7 atom stereocenters. The number of aliphatic carboxylic acids is 1. The van der Waals surface area contributed by atoms with Crippen molar-refractivity contribution in [1.82, 2.24) is 9.88 Å². The molecule has 3 N–H and O–H groups in total. The van der Waals surface area contributed by atoms with E-state index in [4.69, 9.17) is 22.1 Å². The Hall–Kier alpha value is -2.37.